The number of nitrogens with one attached hydrogen (secondary N) is 1. The number of likely N-dealkylation sites (tertiary alicyclic amines) is 1. The first-order chi connectivity index (χ1) is 15.3. The van der Waals surface area contributed by atoms with E-state index in [2.05, 4.69) is 42.0 Å². The number of hydrogen-bond donors (Lipinski definition) is 1. The molecule has 6 heteroatoms. The first-order valence-electron chi connectivity index (χ1n) is 11.7. The van der Waals surface area contributed by atoms with Crippen LogP contribution in [0.2, 0.25) is 0 Å². The SMILES string of the molecule is CC(C)Cc1cncc(NC(=O)c2ccc3c(c2)CN(C2CCN(C)C(=O)C2)CC3C)c1. The summed E-state index contributed by atoms with van der Waals surface area (Å²) >= 11 is 0. The predicted octanol–water partition coefficient (Wildman–Crippen LogP) is 4.07. The number of rotatable bonds is 5. The summed E-state index contributed by atoms with van der Waals surface area (Å²) in [5.41, 5.74) is 5.00. The van der Waals surface area contributed by atoms with Gasteiger partial charge in [0.2, 0.25) is 5.91 Å². The molecule has 1 fully saturated rings. The van der Waals surface area contributed by atoms with Gasteiger partial charge in [0.25, 0.3) is 5.91 Å². The van der Waals surface area contributed by atoms with Gasteiger partial charge < -0.3 is 10.2 Å². The Morgan fingerprint density at radius 2 is 2.06 bits per heavy atom. The van der Waals surface area contributed by atoms with Crippen molar-refractivity contribution in [3.05, 3.63) is 58.9 Å². The Morgan fingerprint density at radius 3 is 2.81 bits per heavy atom. The average molecular weight is 435 g/mol. The van der Waals surface area contributed by atoms with Crippen LogP contribution in [0.15, 0.2) is 36.7 Å². The van der Waals surface area contributed by atoms with Gasteiger partial charge >= 0.3 is 0 Å². The number of amides is 2. The molecule has 170 valence electrons. The molecule has 2 atom stereocenters. The predicted molar refractivity (Wildman–Crippen MR) is 127 cm³/mol. The van der Waals surface area contributed by atoms with Gasteiger partial charge in [0.05, 0.1) is 11.9 Å². The summed E-state index contributed by atoms with van der Waals surface area (Å²) in [6.07, 6.45) is 6.07. The lowest BCUT2D eigenvalue weighted by molar-refractivity contribution is -0.134. The van der Waals surface area contributed by atoms with Crippen LogP contribution in [0.3, 0.4) is 0 Å². The number of hydrogen-bond acceptors (Lipinski definition) is 4. The van der Waals surface area contributed by atoms with Gasteiger partial charge in [-0.2, -0.15) is 0 Å². The van der Waals surface area contributed by atoms with Crippen molar-refractivity contribution >= 4 is 17.5 Å². The van der Waals surface area contributed by atoms with Gasteiger partial charge in [-0.3, -0.25) is 19.5 Å². The minimum atomic E-state index is -0.115. The van der Waals surface area contributed by atoms with Crippen molar-refractivity contribution in [3.63, 3.8) is 0 Å². The Balaban J connectivity index is 1.48. The Morgan fingerprint density at radius 1 is 1.25 bits per heavy atom. The van der Waals surface area contributed by atoms with E-state index in [4.69, 9.17) is 0 Å². The van der Waals surface area contributed by atoms with Gasteiger partial charge in [-0.1, -0.05) is 26.8 Å². The zero-order chi connectivity index (χ0) is 22.8. The van der Waals surface area contributed by atoms with Gasteiger partial charge in [0, 0.05) is 50.9 Å². The molecule has 1 N–H and O–H groups in total. The summed E-state index contributed by atoms with van der Waals surface area (Å²) in [7, 11) is 1.88. The normalized spacial score (nSPS) is 21.5. The lowest BCUT2D eigenvalue weighted by atomic mass is 9.87. The first-order valence-corrected chi connectivity index (χ1v) is 11.7. The number of fused-ring (bicyclic) bond motifs is 1. The highest BCUT2D eigenvalue weighted by atomic mass is 16.2. The van der Waals surface area contributed by atoms with E-state index in [0.29, 0.717) is 23.8 Å². The Labute approximate surface area is 191 Å². The Hall–Kier alpha value is -2.73. The molecular weight excluding hydrogens is 400 g/mol. The average Bonchev–Trinajstić information content (AvgIpc) is 2.75. The molecule has 3 heterocycles. The molecule has 4 rings (SSSR count). The highest BCUT2D eigenvalue weighted by Gasteiger charge is 2.32. The molecule has 0 radical (unpaired) electrons. The number of aromatic nitrogens is 1. The number of anilines is 1. The molecule has 1 aromatic carbocycles. The fourth-order valence-corrected chi connectivity index (χ4v) is 4.96. The monoisotopic (exact) mass is 434 g/mol. The van der Waals surface area contributed by atoms with Gasteiger partial charge in [-0.25, -0.2) is 0 Å². The fourth-order valence-electron chi connectivity index (χ4n) is 4.96. The molecule has 0 spiro atoms. The van der Waals surface area contributed by atoms with E-state index in [1.165, 1.54) is 11.1 Å². The van der Waals surface area contributed by atoms with Crippen LogP contribution in [-0.2, 0) is 17.8 Å². The second-order valence-corrected chi connectivity index (χ2v) is 9.84. The van der Waals surface area contributed by atoms with Crippen molar-refractivity contribution in [1.29, 1.82) is 0 Å². The number of piperidine rings is 1. The van der Waals surface area contributed by atoms with E-state index >= 15 is 0 Å². The molecule has 1 saturated heterocycles. The lowest BCUT2D eigenvalue weighted by Crippen LogP contribution is -2.48. The second kappa shape index (κ2) is 9.41. The number of benzene rings is 1. The highest BCUT2D eigenvalue weighted by molar-refractivity contribution is 6.04. The minimum Gasteiger partial charge on any atom is -0.346 e. The van der Waals surface area contributed by atoms with E-state index in [1.54, 1.807) is 6.20 Å². The van der Waals surface area contributed by atoms with Crippen LogP contribution in [0.5, 0.6) is 0 Å². The smallest absolute Gasteiger partial charge is 0.255 e. The summed E-state index contributed by atoms with van der Waals surface area (Å²) in [6.45, 7) is 9.12. The maximum atomic E-state index is 13.0. The van der Waals surface area contributed by atoms with Crippen molar-refractivity contribution in [1.82, 2.24) is 14.8 Å². The highest BCUT2D eigenvalue weighted by Crippen LogP contribution is 2.32. The number of carbonyl (C=O) groups excluding carboxylic acids is 2. The molecule has 2 unspecified atom stereocenters. The summed E-state index contributed by atoms with van der Waals surface area (Å²) in [5, 5.41) is 3.01. The fraction of sp³-hybridized carbons (Fsp3) is 0.500. The minimum absolute atomic E-state index is 0.115. The molecule has 1 aromatic heterocycles. The lowest BCUT2D eigenvalue weighted by Gasteiger charge is -2.41. The molecule has 0 aliphatic carbocycles. The van der Waals surface area contributed by atoms with Crippen molar-refractivity contribution in [2.45, 2.75) is 58.5 Å². The van der Waals surface area contributed by atoms with Crippen molar-refractivity contribution in [2.24, 2.45) is 5.92 Å². The van der Waals surface area contributed by atoms with Crippen molar-refractivity contribution in [3.8, 4) is 0 Å². The summed E-state index contributed by atoms with van der Waals surface area (Å²) in [5.74, 6) is 1.02. The van der Waals surface area contributed by atoms with E-state index in [-0.39, 0.29) is 17.9 Å². The zero-order valence-corrected chi connectivity index (χ0v) is 19.6. The molecule has 32 heavy (non-hydrogen) atoms. The van der Waals surface area contributed by atoms with E-state index in [1.807, 2.05) is 36.3 Å². The van der Waals surface area contributed by atoms with Gasteiger partial charge in [-0.05, 0) is 59.6 Å². The third-order valence-electron chi connectivity index (χ3n) is 6.66. The van der Waals surface area contributed by atoms with Gasteiger partial charge in [0.1, 0.15) is 0 Å². The molecule has 2 aliphatic rings. The van der Waals surface area contributed by atoms with Gasteiger partial charge in [0.15, 0.2) is 0 Å². The number of nitrogens with zero attached hydrogens (tertiary/aromatic N) is 3. The third-order valence-corrected chi connectivity index (χ3v) is 6.66. The van der Waals surface area contributed by atoms with Crippen LogP contribution >= 0.6 is 0 Å². The molecule has 6 nitrogen and oxygen atoms in total. The Bertz CT molecular complexity index is 1000. The largest absolute Gasteiger partial charge is 0.346 e. The quantitative estimate of drug-likeness (QED) is 0.770. The molecule has 2 aromatic rings. The first kappa shape index (κ1) is 22.5. The van der Waals surface area contributed by atoms with Crippen molar-refractivity contribution < 1.29 is 9.59 Å². The summed E-state index contributed by atoms with van der Waals surface area (Å²) in [4.78, 5) is 33.7. The second-order valence-electron chi connectivity index (χ2n) is 9.84. The van der Waals surface area contributed by atoms with Crippen LogP contribution in [0, 0.1) is 5.92 Å². The van der Waals surface area contributed by atoms with Crippen LogP contribution in [0.1, 0.15) is 66.6 Å². The Kier molecular flexibility index (Phi) is 6.60. The van der Waals surface area contributed by atoms with Crippen LogP contribution in [0.4, 0.5) is 5.69 Å². The van der Waals surface area contributed by atoms with E-state index in [0.717, 1.165) is 43.7 Å². The molecule has 2 aliphatic heterocycles. The third kappa shape index (κ3) is 5.01. The maximum absolute atomic E-state index is 13.0. The maximum Gasteiger partial charge on any atom is 0.255 e. The zero-order valence-electron chi connectivity index (χ0n) is 19.6. The van der Waals surface area contributed by atoms with Crippen molar-refractivity contribution in [2.75, 3.05) is 25.5 Å². The molecular formula is C26H34N4O2. The topological polar surface area (TPSA) is 65.5 Å². The summed E-state index contributed by atoms with van der Waals surface area (Å²) in [6, 6.07) is 8.32. The van der Waals surface area contributed by atoms with Gasteiger partial charge in [-0.15, -0.1) is 0 Å². The number of pyridine rings is 1. The molecule has 2 amide bonds. The van der Waals surface area contributed by atoms with Crippen LogP contribution < -0.4 is 5.32 Å². The molecule has 0 bridgehead atoms. The summed E-state index contributed by atoms with van der Waals surface area (Å²) < 4.78 is 0. The van der Waals surface area contributed by atoms with E-state index in [9.17, 15) is 9.59 Å². The van der Waals surface area contributed by atoms with E-state index < -0.39 is 0 Å². The molecule has 0 saturated carbocycles. The standard InChI is InChI=1S/C26H34N4O2/c1-17(2)9-19-10-22(14-27-13-19)28-26(32)20-5-6-24-18(3)15-30(16-21(24)11-20)23-7-8-29(4)25(31)12-23/h5-6,10-11,13-14,17-18,23H,7-9,12,15-16H2,1-4H3,(H,28,32). The number of carbonyl (C=O) groups is 2. The van der Waals surface area contributed by atoms with Crippen LogP contribution in [0.25, 0.3) is 0 Å². The van der Waals surface area contributed by atoms with Crippen LogP contribution in [-0.4, -0.2) is 52.8 Å².